The first-order chi connectivity index (χ1) is 10.4. The SMILES string of the molecule is Cc1cc(NC(=O)CN2CCC(C(=O)N(C)C)CC2)n(C)n1. The van der Waals surface area contributed by atoms with Crippen molar-refractivity contribution in [2.24, 2.45) is 13.0 Å². The number of hydrogen-bond acceptors (Lipinski definition) is 4. The van der Waals surface area contributed by atoms with Gasteiger partial charge in [-0.2, -0.15) is 5.10 Å². The highest BCUT2D eigenvalue weighted by Crippen LogP contribution is 2.18. The predicted octanol–water partition coefficient (Wildman–Crippen LogP) is 0.467. The third-order valence-corrected chi connectivity index (χ3v) is 4.01. The number of anilines is 1. The molecule has 22 heavy (non-hydrogen) atoms. The first-order valence-corrected chi connectivity index (χ1v) is 7.61. The van der Waals surface area contributed by atoms with Gasteiger partial charge in [-0.1, -0.05) is 0 Å². The Labute approximate surface area is 131 Å². The third-order valence-electron chi connectivity index (χ3n) is 4.01. The molecule has 1 N–H and O–H groups in total. The van der Waals surface area contributed by atoms with Crippen molar-refractivity contribution in [2.45, 2.75) is 19.8 Å². The van der Waals surface area contributed by atoms with Crippen molar-refractivity contribution in [3.63, 3.8) is 0 Å². The minimum absolute atomic E-state index is 0.0413. The Morgan fingerprint density at radius 2 is 2.00 bits per heavy atom. The molecule has 1 saturated heterocycles. The van der Waals surface area contributed by atoms with Gasteiger partial charge in [-0.3, -0.25) is 19.2 Å². The second kappa shape index (κ2) is 6.91. The summed E-state index contributed by atoms with van der Waals surface area (Å²) >= 11 is 0. The van der Waals surface area contributed by atoms with E-state index in [9.17, 15) is 9.59 Å². The predicted molar refractivity (Wildman–Crippen MR) is 84.4 cm³/mol. The van der Waals surface area contributed by atoms with Gasteiger partial charge in [-0.15, -0.1) is 0 Å². The molecule has 7 heteroatoms. The maximum absolute atomic E-state index is 12.1. The Bertz CT molecular complexity index is 544. The lowest BCUT2D eigenvalue weighted by atomic mass is 9.95. The second-order valence-corrected chi connectivity index (χ2v) is 6.13. The summed E-state index contributed by atoms with van der Waals surface area (Å²) in [6.07, 6.45) is 1.63. The van der Waals surface area contributed by atoms with Gasteiger partial charge in [0.1, 0.15) is 5.82 Å². The van der Waals surface area contributed by atoms with E-state index in [0.717, 1.165) is 31.6 Å². The lowest BCUT2D eigenvalue weighted by molar-refractivity contribution is -0.134. The summed E-state index contributed by atoms with van der Waals surface area (Å²) in [4.78, 5) is 27.8. The van der Waals surface area contributed by atoms with Crippen LogP contribution in [-0.4, -0.2) is 65.1 Å². The van der Waals surface area contributed by atoms with Crippen LogP contribution in [0.25, 0.3) is 0 Å². The highest BCUT2D eigenvalue weighted by atomic mass is 16.2. The van der Waals surface area contributed by atoms with E-state index < -0.39 is 0 Å². The molecule has 2 heterocycles. The Morgan fingerprint density at radius 3 is 2.50 bits per heavy atom. The molecule has 0 atom stereocenters. The molecule has 2 rings (SSSR count). The first-order valence-electron chi connectivity index (χ1n) is 7.61. The molecule has 1 fully saturated rings. The Hall–Kier alpha value is -1.89. The van der Waals surface area contributed by atoms with Crippen molar-refractivity contribution in [1.29, 1.82) is 0 Å². The maximum atomic E-state index is 12.1. The van der Waals surface area contributed by atoms with Gasteiger partial charge in [-0.05, 0) is 32.9 Å². The van der Waals surface area contributed by atoms with Crippen LogP contribution in [-0.2, 0) is 16.6 Å². The van der Waals surface area contributed by atoms with Crippen LogP contribution in [0, 0.1) is 12.8 Å². The lowest BCUT2D eigenvalue weighted by Gasteiger charge is -2.31. The summed E-state index contributed by atoms with van der Waals surface area (Å²) in [6, 6.07) is 1.85. The Kier molecular flexibility index (Phi) is 5.18. The number of piperidine rings is 1. The van der Waals surface area contributed by atoms with Crippen LogP contribution < -0.4 is 5.32 Å². The molecule has 0 aromatic carbocycles. The van der Waals surface area contributed by atoms with E-state index in [1.807, 2.05) is 13.0 Å². The molecular formula is C15H25N5O2. The van der Waals surface area contributed by atoms with Crippen LogP contribution in [0.3, 0.4) is 0 Å². The fraction of sp³-hybridized carbons (Fsp3) is 0.667. The summed E-state index contributed by atoms with van der Waals surface area (Å²) in [5.74, 6) is 0.948. The molecule has 0 radical (unpaired) electrons. The normalized spacial score (nSPS) is 16.5. The van der Waals surface area contributed by atoms with Crippen molar-refractivity contribution in [2.75, 3.05) is 39.0 Å². The van der Waals surface area contributed by atoms with Crippen LogP contribution in [0.4, 0.5) is 5.82 Å². The monoisotopic (exact) mass is 307 g/mol. The Morgan fingerprint density at radius 1 is 1.36 bits per heavy atom. The van der Waals surface area contributed by atoms with Crippen molar-refractivity contribution in [1.82, 2.24) is 19.6 Å². The average Bonchev–Trinajstić information content (AvgIpc) is 2.76. The Balaban J connectivity index is 1.79. The van der Waals surface area contributed by atoms with Gasteiger partial charge in [-0.25, -0.2) is 0 Å². The number of likely N-dealkylation sites (tertiary alicyclic amines) is 1. The van der Waals surface area contributed by atoms with E-state index >= 15 is 0 Å². The van der Waals surface area contributed by atoms with Crippen LogP contribution >= 0.6 is 0 Å². The molecule has 122 valence electrons. The molecule has 0 bridgehead atoms. The molecule has 1 aliphatic rings. The number of nitrogens with one attached hydrogen (secondary N) is 1. The molecule has 0 saturated carbocycles. The average molecular weight is 307 g/mol. The molecule has 1 aromatic heterocycles. The zero-order chi connectivity index (χ0) is 16.3. The van der Waals surface area contributed by atoms with Gasteiger partial charge in [0.2, 0.25) is 11.8 Å². The number of aromatic nitrogens is 2. The number of amides is 2. The van der Waals surface area contributed by atoms with Crippen molar-refractivity contribution in [3.8, 4) is 0 Å². The zero-order valence-corrected chi connectivity index (χ0v) is 13.8. The smallest absolute Gasteiger partial charge is 0.239 e. The minimum Gasteiger partial charge on any atom is -0.349 e. The molecule has 2 amide bonds. The van der Waals surface area contributed by atoms with Crippen molar-refractivity contribution >= 4 is 17.6 Å². The highest BCUT2D eigenvalue weighted by Gasteiger charge is 2.26. The largest absolute Gasteiger partial charge is 0.349 e. The van der Waals surface area contributed by atoms with E-state index in [1.54, 1.807) is 30.7 Å². The lowest BCUT2D eigenvalue weighted by Crippen LogP contribution is -2.43. The number of aryl methyl sites for hydroxylation is 2. The molecule has 1 aromatic rings. The summed E-state index contributed by atoms with van der Waals surface area (Å²) in [5.41, 5.74) is 0.876. The van der Waals surface area contributed by atoms with Gasteiger partial charge >= 0.3 is 0 Å². The van der Waals surface area contributed by atoms with Crippen molar-refractivity contribution < 1.29 is 9.59 Å². The first kappa shape index (κ1) is 16.5. The molecule has 0 unspecified atom stereocenters. The highest BCUT2D eigenvalue weighted by molar-refractivity contribution is 5.91. The van der Waals surface area contributed by atoms with Crippen LogP contribution in [0.1, 0.15) is 18.5 Å². The van der Waals surface area contributed by atoms with E-state index in [0.29, 0.717) is 12.4 Å². The molecule has 1 aliphatic heterocycles. The van der Waals surface area contributed by atoms with E-state index in [4.69, 9.17) is 0 Å². The van der Waals surface area contributed by atoms with Crippen molar-refractivity contribution in [3.05, 3.63) is 11.8 Å². The zero-order valence-electron chi connectivity index (χ0n) is 13.8. The van der Waals surface area contributed by atoms with Gasteiger partial charge in [0.05, 0.1) is 12.2 Å². The van der Waals surface area contributed by atoms with Gasteiger partial charge < -0.3 is 10.2 Å². The topological polar surface area (TPSA) is 70.5 Å². The number of hydrogen-bond donors (Lipinski definition) is 1. The van der Waals surface area contributed by atoms with Crippen LogP contribution in [0.15, 0.2) is 6.07 Å². The van der Waals surface area contributed by atoms with E-state index in [1.165, 1.54) is 0 Å². The van der Waals surface area contributed by atoms with Crippen LogP contribution in [0.2, 0.25) is 0 Å². The third kappa shape index (κ3) is 4.07. The number of rotatable bonds is 4. The summed E-state index contributed by atoms with van der Waals surface area (Å²) in [7, 11) is 5.39. The van der Waals surface area contributed by atoms with Gasteiger partial charge in [0.15, 0.2) is 0 Å². The van der Waals surface area contributed by atoms with E-state index in [2.05, 4.69) is 15.3 Å². The number of nitrogens with zero attached hydrogens (tertiary/aromatic N) is 4. The fourth-order valence-corrected chi connectivity index (χ4v) is 2.82. The standard InChI is InChI=1S/C15H25N5O2/c1-11-9-13(19(4)17-11)16-14(21)10-20-7-5-12(6-8-20)15(22)18(2)3/h9,12H,5-8,10H2,1-4H3,(H,16,21). The number of carbonyl (C=O) groups is 2. The van der Waals surface area contributed by atoms with Crippen LogP contribution in [0.5, 0.6) is 0 Å². The number of carbonyl (C=O) groups excluding carboxylic acids is 2. The second-order valence-electron chi connectivity index (χ2n) is 6.13. The maximum Gasteiger partial charge on any atom is 0.239 e. The fourth-order valence-electron chi connectivity index (χ4n) is 2.82. The summed E-state index contributed by atoms with van der Waals surface area (Å²) in [5, 5.41) is 7.08. The molecule has 0 aliphatic carbocycles. The molecule has 0 spiro atoms. The van der Waals surface area contributed by atoms with Gasteiger partial charge in [0, 0.05) is 33.1 Å². The summed E-state index contributed by atoms with van der Waals surface area (Å²) in [6.45, 7) is 3.81. The summed E-state index contributed by atoms with van der Waals surface area (Å²) < 4.78 is 1.66. The van der Waals surface area contributed by atoms with E-state index in [-0.39, 0.29) is 17.7 Å². The quantitative estimate of drug-likeness (QED) is 0.878. The molecular weight excluding hydrogens is 282 g/mol. The van der Waals surface area contributed by atoms with Gasteiger partial charge in [0.25, 0.3) is 0 Å². The molecule has 7 nitrogen and oxygen atoms in total. The minimum atomic E-state index is -0.0413.